The number of benzene rings is 2. The van der Waals surface area contributed by atoms with E-state index < -0.39 is 12.3 Å². The van der Waals surface area contributed by atoms with Crippen LogP contribution in [-0.4, -0.2) is 28.4 Å². The predicted molar refractivity (Wildman–Crippen MR) is 86.7 cm³/mol. The largest absolute Gasteiger partial charge is 0.497 e. The Balaban J connectivity index is 2.34. The lowest BCUT2D eigenvalue weighted by Crippen LogP contribution is -2.17. The van der Waals surface area contributed by atoms with Crippen LogP contribution >= 0.6 is 0 Å². The van der Waals surface area contributed by atoms with E-state index in [1.807, 2.05) is 0 Å². The summed E-state index contributed by atoms with van der Waals surface area (Å²) < 4.78 is 49.8. The van der Waals surface area contributed by atoms with E-state index in [4.69, 9.17) is 18.9 Å². The van der Waals surface area contributed by atoms with E-state index in [0.29, 0.717) is 28.6 Å². The molecule has 2 aromatic rings. The Morgan fingerprint density at radius 3 is 1.75 bits per heavy atom. The van der Waals surface area contributed by atoms with Crippen LogP contribution in [0.1, 0.15) is 11.1 Å². The van der Waals surface area contributed by atoms with Crippen molar-refractivity contribution in [1.29, 1.82) is 0 Å². The van der Waals surface area contributed by atoms with Crippen LogP contribution in [0.25, 0.3) is 0 Å². The Morgan fingerprint density at radius 2 is 1.33 bits per heavy atom. The number of halogens is 2. The van der Waals surface area contributed by atoms with Gasteiger partial charge in [0.05, 0.1) is 28.4 Å². The van der Waals surface area contributed by atoms with Crippen LogP contribution in [0.3, 0.4) is 0 Å². The summed E-state index contributed by atoms with van der Waals surface area (Å²) in [5.41, 5.74) is 0.294. The van der Waals surface area contributed by atoms with Gasteiger partial charge in [-0.1, -0.05) is 0 Å². The predicted octanol–water partition coefficient (Wildman–Crippen LogP) is 4.06. The average molecular weight is 338 g/mol. The summed E-state index contributed by atoms with van der Waals surface area (Å²) in [6, 6.07) is 8.79. The van der Waals surface area contributed by atoms with Crippen molar-refractivity contribution in [3.63, 3.8) is 0 Å². The normalized spacial score (nSPS) is 11.1. The zero-order valence-electron chi connectivity index (χ0n) is 14.1. The number of hydrogen-bond donors (Lipinski definition) is 0. The molecule has 0 fully saturated rings. The molecule has 0 radical (unpaired) electrons. The molecule has 2 rings (SSSR count). The monoisotopic (exact) mass is 338 g/mol. The zero-order valence-corrected chi connectivity index (χ0v) is 14.1. The second-order valence-electron chi connectivity index (χ2n) is 5.14. The average Bonchev–Trinajstić information content (AvgIpc) is 2.60. The molecule has 4 nitrogen and oxygen atoms in total. The van der Waals surface area contributed by atoms with Gasteiger partial charge in [0.15, 0.2) is 11.5 Å². The molecule has 0 atom stereocenters. The third kappa shape index (κ3) is 3.69. The molecule has 0 heterocycles. The van der Waals surface area contributed by atoms with Crippen LogP contribution in [0, 0.1) is 0 Å². The van der Waals surface area contributed by atoms with Gasteiger partial charge >= 0.3 is 0 Å². The molecule has 0 saturated carbocycles. The van der Waals surface area contributed by atoms with Crippen LogP contribution in [-0.2, 0) is 12.3 Å². The third-order valence-corrected chi connectivity index (χ3v) is 3.66. The highest BCUT2D eigenvalue weighted by atomic mass is 19.3. The number of alkyl halides is 2. The fraction of sp³-hybridized carbons (Fsp3) is 0.333. The van der Waals surface area contributed by atoms with Crippen LogP contribution < -0.4 is 18.9 Å². The molecule has 130 valence electrons. The van der Waals surface area contributed by atoms with Crippen LogP contribution in [0.2, 0.25) is 0 Å². The molecule has 0 saturated heterocycles. The van der Waals surface area contributed by atoms with E-state index >= 15 is 0 Å². The van der Waals surface area contributed by atoms with Crippen molar-refractivity contribution in [3.8, 4) is 23.0 Å². The SMILES string of the molecule is COc1ccc(C(F)(F)Cc2cc(OC)c(OC)c(OC)c2)cc1. The second-order valence-corrected chi connectivity index (χ2v) is 5.14. The summed E-state index contributed by atoms with van der Waals surface area (Å²) >= 11 is 0. The maximum atomic E-state index is 14.6. The number of ether oxygens (including phenoxy) is 4. The first-order chi connectivity index (χ1) is 11.4. The Hall–Kier alpha value is -2.50. The standard InChI is InChI=1S/C18H20F2O4/c1-21-14-7-5-13(6-8-14)18(19,20)11-12-9-15(22-2)17(24-4)16(10-12)23-3/h5-10H,11H2,1-4H3. The van der Waals surface area contributed by atoms with E-state index in [1.165, 1.54) is 64.8 Å². The molecular weight excluding hydrogens is 318 g/mol. The van der Waals surface area contributed by atoms with E-state index in [-0.39, 0.29) is 5.56 Å². The molecule has 2 aromatic carbocycles. The van der Waals surface area contributed by atoms with E-state index in [9.17, 15) is 8.78 Å². The van der Waals surface area contributed by atoms with Crippen molar-refractivity contribution in [2.75, 3.05) is 28.4 Å². The van der Waals surface area contributed by atoms with Crippen LogP contribution in [0.5, 0.6) is 23.0 Å². The van der Waals surface area contributed by atoms with Crippen molar-refractivity contribution >= 4 is 0 Å². The summed E-state index contributed by atoms with van der Waals surface area (Å²) in [5, 5.41) is 0. The van der Waals surface area contributed by atoms with Crippen LogP contribution in [0.4, 0.5) is 8.78 Å². The molecule has 0 aliphatic carbocycles. The molecule has 0 aromatic heterocycles. The molecule has 0 amide bonds. The first kappa shape index (κ1) is 17.8. The van der Waals surface area contributed by atoms with E-state index in [1.54, 1.807) is 0 Å². The highest BCUT2D eigenvalue weighted by molar-refractivity contribution is 5.54. The third-order valence-electron chi connectivity index (χ3n) is 3.66. The van der Waals surface area contributed by atoms with Gasteiger partial charge in [-0.15, -0.1) is 0 Å². The van der Waals surface area contributed by atoms with E-state index in [0.717, 1.165) is 0 Å². The Morgan fingerprint density at radius 1 is 0.792 bits per heavy atom. The maximum absolute atomic E-state index is 14.6. The van der Waals surface area contributed by atoms with Crippen molar-refractivity contribution in [3.05, 3.63) is 47.5 Å². The summed E-state index contributed by atoms with van der Waals surface area (Å²) in [7, 11) is 5.85. The minimum Gasteiger partial charge on any atom is -0.497 e. The molecule has 0 spiro atoms. The Kier molecular flexibility index (Phi) is 5.49. The van der Waals surface area contributed by atoms with Crippen molar-refractivity contribution in [2.24, 2.45) is 0 Å². The van der Waals surface area contributed by atoms with Gasteiger partial charge < -0.3 is 18.9 Å². The van der Waals surface area contributed by atoms with Crippen LogP contribution in [0.15, 0.2) is 36.4 Å². The highest BCUT2D eigenvalue weighted by Crippen LogP contribution is 2.41. The highest BCUT2D eigenvalue weighted by Gasteiger charge is 2.32. The quantitative estimate of drug-likeness (QED) is 0.763. The molecule has 0 aliphatic rings. The minimum atomic E-state index is -3.04. The van der Waals surface area contributed by atoms with Gasteiger partial charge in [0.2, 0.25) is 5.75 Å². The van der Waals surface area contributed by atoms with Gasteiger partial charge in [0.25, 0.3) is 5.92 Å². The second kappa shape index (κ2) is 7.38. The molecule has 0 bridgehead atoms. The van der Waals surface area contributed by atoms with Gasteiger partial charge in [-0.25, -0.2) is 8.78 Å². The lowest BCUT2D eigenvalue weighted by Gasteiger charge is -2.19. The van der Waals surface area contributed by atoms with Gasteiger partial charge in [0.1, 0.15) is 5.75 Å². The Labute approximate surface area is 139 Å². The van der Waals surface area contributed by atoms with Gasteiger partial charge in [-0.3, -0.25) is 0 Å². The number of hydrogen-bond acceptors (Lipinski definition) is 4. The molecule has 24 heavy (non-hydrogen) atoms. The summed E-state index contributed by atoms with van der Waals surface area (Å²) in [4.78, 5) is 0. The molecule has 0 N–H and O–H groups in total. The van der Waals surface area contributed by atoms with Gasteiger partial charge in [0, 0.05) is 12.0 Å². The van der Waals surface area contributed by atoms with Crippen molar-refractivity contribution in [1.82, 2.24) is 0 Å². The summed E-state index contributed by atoms with van der Waals surface area (Å²) in [5.74, 6) is -1.45. The molecular formula is C18H20F2O4. The zero-order chi connectivity index (χ0) is 17.7. The number of rotatable bonds is 7. The first-order valence-electron chi connectivity index (χ1n) is 7.26. The topological polar surface area (TPSA) is 36.9 Å². The minimum absolute atomic E-state index is 0.0861. The Bertz CT molecular complexity index is 659. The van der Waals surface area contributed by atoms with Gasteiger partial charge in [-0.05, 0) is 42.0 Å². The van der Waals surface area contributed by atoms with Gasteiger partial charge in [-0.2, -0.15) is 0 Å². The maximum Gasteiger partial charge on any atom is 0.277 e. The summed E-state index contributed by atoms with van der Waals surface area (Å²) in [6.45, 7) is 0. The number of methoxy groups -OCH3 is 4. The smallest absolute Gasteiger partial charge is 0.277 e. The lowest BCUT2D eigenvalue weighted by atomic mass is 9.99. The summed E-state index contributed by atoms with van der Waals surface area (Å²) in [6.07, 6.45) is -0.490. The molecule has 0 aliphatic heterocycles. The van der Waals surface area contributed by atoms with Crippen molar-refractivity contribution < 1.29 is 27.7 Å². The molecule has 0 unspecified atom stereocenters. The van der Waals surface area contributed by atoms with E-state index in [2.05, 4.69) is 0 Å². The lowest BCUT2D eigenvalue weighted by molar-refractivity contribution is -0.00393. The first-order valence-corrected chi connectivity index (χ1v) is 7.26. The molecule has 6 heteroatoms. The fourth-order valence-electron chi connectivity index (χ4n) is 2.43. The fourth-order valence-corrected chi connectivity index (χ4v) is 2.43. The van der Waals surface area contributed by atoms with Crippen molar-refractivity contribution in [2.45, 2.75) is 12.3 Å².